The zero-order valence-corrected chi connectivity index (χ0v) is 19.3. The van der Waals surface area contributed by atoms with Crippen molar-refractivity contribution in [2.45, 2.75) is 32.1 Å². The SMILES string of the molecule is C=c1c(C#N)c(O)n(Nc2ccccc2)c(=O)/c1=C/C=C1\N2CCCc3cccc(c32)C1(C)C. The largest absolute Gasteiger partial charge is 0.492 e. The molecule has 1 aromatic heterocycles. The summed E-state index contributed by atoms with van der Waals surface area (Å²) in [6.07, 6.45) is 5.82. The standard InChI is InChI=1S/C28H26N4O2/c1-18-21(26(33)32(27(34)22(18)17-29)30-20-11-5-4-6-12-20)14-15-24-28(2,3)23-13-7-9-19-10-8-16-31(24)25(19)23/h4-7,9,11-15,30,34H,1,8,10,16H2,2-3H3/b21-14+,24-15-. The Bertz CT molecular complexity index is 1540. The molecule has 0 radical (unpaired) electrons. The summed E-state index contributed by atoms with van der Waals surface area (Å²) in [6, 6.07) is 17.5. The number of aromatic nitrogens is 1. The smallest absolute Gasteiger partial charge is 0.280 e. The van der Waals surface area contributed by atoms with E-state index in [0.717, 1.165) is 29.8 Å². The van der Waals surface area contributed by atoms with Crippen LogP contribution >= 0.6 is 0 Å². The molecule has 0 saturated carbocycles. The van der Waals surface area contributed by atoms with E-state index < -0.39 is 11.4 Å². The summed E-state index contributed by atoms with van der Waals surface area (Å²) in [7, 11) is 0. The van der Waals surface area contributed by atoms with Crippen LogP contribution < -0.4 is 26.3 Å². The molecule has 2 aliphatic rings. The fraction of sp³-hybridized carbons (Fsp3) is 0.214. The van der Waals surface area contributed by atoms with Gasteiger partial charge in [-0.2, -0.15) is 9.94 Å². The van der Waals surface area contributed by atoms with Crippen molar-refractivity contribution in [1.29, 1.82) is 5.26 Å². The van der Waals surface area contributed by atoms with Gasteiger partial charge in [0.15, 0.2) is 0 Å². The Labute approximate surface area is 198 Å². The number of benzene rings is 2. The summed E-state index contributed by atoms with van der Waals surface area (Å²) in [6.45, 7) is 9.25. The highest BCUT2D eigenvalue weighted by Gasteiger charge is 2.41. The Hall–Kier alpha value is -4.24. The number of hydrogen-bond donors (Lipinski definition) is 2. The van der Waals surface area contributed by atoms with E-state index in [-0.39, 0.29) is 21.4 Å². The van der Waals surface area contributed by atoms with Gasteiger partial charge in [0.05, 0.1) is 10.9 Å². The van der Waals surface area contributed by atoms with Crippen LogP contribution in [0.5, 0.6) is 5.88 Å². The average molecular weight is 451 g/mol. The van der Waals surface area contributed by atoms with Gasteiger partial charge in [-0.3, -0.25) is 10.2 Å². The van der Waals surface area contributed by atoms with Gasteiger partial charge < -0.3 is 10.0 Å². The van der Waals surface area contributed by atoms with Gasteiger partial charge >= 0.3 is 0 Å². The molecule has 0 amide bonds. The van der Waals surface area contributed by atoms with E-state index in [2.05, 4.69) is 49.0 Å². The number of pyridine rings is 1. The highest BCUT2D eigenvalue weighted by Crippen LogP contribution is 2.50. The van der Waals surface area contributed by atoms with Crippen molar-refractivity contribution in [3.63, 3.8) is 0 Å². The molecule has 2 aliphatic heterocycles. The number of para-hydroxylation sites is 2. The van der Waals surface area contributed by atoms with Gasteiger partial charge in [-0.15, -0.1) is 0 Å². The van der Waals surface area contributed by atoms with Crippen LogP contribution in [0.1, 0.15) is 37.0 Å². The number of nitriles is 1. The Balaban J connectivity index is 1.70. The minimum atomic E-state index is -0.477. The van der Waals surface area contributed by atoms with Crippen LogP contribution in [0.4, 0.5) is 11.4 Å². The lowest BCUT2D eigenvalue weighted by molar-refractivity contribution is 0.424. The van der Waals surface area contributed by atoms with Crippen molar-refractivity contribution in [3.05, 3.63) is 97.8 Å². The summed E-state index contributed by atoms with van der Waals surface area (Å²) < 4.78 is 1.00. The lowest BCUT2D eigenvalue weighted by atomic mass is 9.83. The summed E-state index contributed by atoms with van der Waals surface area (Å²) >= 11 is 0. The predicted octanol–water partition coefficient (Wildman–Crippen LogP) is 3.12. The fourth-order valence-corrected chi connectivity index (χ4v) is 5.09. The van der Waals surface area contributed by atoms with Crippen LogP contribution in [-0.2, 0) is 11.8 Å². The summed E-state index contributed by atoms with van der Waals surface area (Å²) in [5.74, 6) is -0.458. The van der Waals surface area contributed by atoms with Gasteiger partial charge in [0, 0.05) is 28.6 Å². The van der Waals surface area contributed by atoms with Gasteiger partial charge in [0.25, 0.3) is 5.56 Å². The van der Waals surface area contributed by atoms with Crippen molar-refractivity contribution in [2.75, 3.05) is 16.9 Å². The summed E-state index contributed by atoms with van der Waals surface area (Å²) in [4.78, 5) is 15.7. The summed E-state index contributed by atoms with van der Waals surface area (Å²) in [5.41, 5.74) is 7.77. The van der Waals surface area contributed by atoms with E-state index in [9.17, 15) is 15.2 Å². The average Bonchev–Trinajstić information content (AvgIpc) is 3.06. The minimum Gasteiger partial charge on any atom is -0.492 e. The second kappa shape index (κ2) is 7.96. The maximum atomic E-state index is 13.4. The third kappa shape index (κ3) is 3.20. The molecule has 5 rings (SSSR count). The number of hydrogen-bond acceptors (Lipinski definition) is 5. The fourth-order valence-electron chi connectivity index (χ4n) is 5.09. The lowest BCUT2D eigenvalue weighted by Crippen LogP contribution is -2.47. The molecule has 2 aromatic carbocycles. The van der Waals surface area contributed by atoms with Crippen molar-refractivity contribution in [3.8, 4) is 11.9 Å². The number of rotatable bonds is 3. The van der Waals surface area contributed by atoms with Crippen LogP contribution in [0.3, 0.4) is 0 Å². The maximum absolute atomic E-state index is 13.4. The second-order valence-corrected chi connectivity index (χ2v) is 9.23. The zero-order valence-electron chi connectivity index (χ0n) is 19.3. The van der Waals surface area contributed by atoms with Gasteiger partial charge in [-0.1, -0.05) is 56.8 Å². The van der Waals surface area contributed by atoms with Crippen molar-refractivity contribution < 1.29 is 5.11 Å². The first-order valence-corrected chi connectivity index (χ1v) is 11.4. The van der Waals surface area contributed by atoms with Crippen LogP contribution in [-0.4, -0.2) is 16.3 Å². The number of nitrogens with one attached hydrogen (secondary N) is 1. The Morgan fingerprint density at radius 1 is 1.15 bits per heavy atom. The van der Waals surface area contributed by atoms with E-state index >= 15 is 0 Å². The van der Waals surface area contributed by atoms with E-state index in [1.165, 1.54) is 16.8 Å². The Kier molecular flexibility index (Phi) is 5.06. The van der Waals surface area contributed by atoms with Crippen molar-refractivity contribution >= 4 is 24.0 Å². The van der Waals surface area contributed by atoms with Crippen LogP contribution in [0.25, 0.3) is 12.7 Å². The third-order valence-corrected chi connectivity index (χ3v) is 6.85. The zero-order chi connectivity index (χ0) is 24.0. The molecular formula is C28H26N4O2. The molecular weight excluding hydrogens is 424 g/mol. The molecule has 3 heterocycles. The maximum Gasteiger partial charge on any atom is 0.280 e. The molecule has 34 heavy (non-hydrogen) atoms. The predicted molar refractivity (Wildman–Crippen MR) is 135 cm³/mol. The molecule has 0 bridgehead atoms. The third-order valence-electron chi connectivity index (χ3n) is 6.85. The first-order chi connectivity index (χ1) is 16.3. The molecule has 6 nitrogen and oxygen atoms in total. The topological polar surface area (TPSA) is 81.3 Å². The van der Waals surface area contributed by atoms with Crippen LogP contribution in [0, 0.1) is 11.3 Å². The first-order valence-electron chi connectivity index (χ1n) is 11.4. The number of aromatic hydroxyl groups is 1. The molecule has 0 aliphatic carbocycles. The molecule has 170 valence electrons. The number of nitrogens with zero attached hydrogens (tertiary/aromatic N) is 3. The quantitative estimate of drug-likeness (QED) is 0.641. The number of aryl methyl sites for hydroxylation is 1. The van der Waals surface area contributed by atoms with Gasteiger partial charge in [0.2, 0.25) is 5.88 Å². The highest BCUT2D eigenvalue weighted by molar-refractivity contribution is 5.76. The molecule has 0 unspecified atom stereocenters. The van der Waals surface area contributed by atoms with E-state index in [4.69, 9.17) is 0 Å². The van der Waals surface area contributed by atoms with Gasteiger partial charge in [-0.25, -0.2) is 0 Å². The van der Waals surface area contributed by atoms with Gasteiger partial charge in [0.1, 0.15) is 11.6 Å². The van der Waals surface area contributed by atoms with Crippen molar-refractivity contribution in [1.82, 2.24) is 4.68 Å². The number of allylic oxidation sites excluding steroid dienone is 2. The highest BCUT2D eigenvalue weighted by atomic mass is 16.3. The van der Waals surface area contributed by atoms with Crippen LogP contribution in [0.2, 0.25) is 0 Å². The van der Waals surface area contributed by atoms with Crippen molar-refractivity contribution in [2.24, 2.45) is 0 Å². The molecule has 0 spiro atoms. The molecule has 0 atom stereocenters. The minimum absolute atomic E-state index is 0.0399. The first kappa shape index (κ1) is 21.6. The van der Waals surface area contributed by atoms with E-state index in [1.54, 1.807) is 18.2 Å². The molecule has 0 fully saturated rings. The Morgan fingerprint density at radius 3 is 2.65 bits per heavy atom. The van der Waals surface area contributed by atoms with Gasteiger partial charge in [-0.05, 0) is 48.3 Å². The monoisotopic (exact) mass is 450 g/mol. The van der Waals surface area contributed by atoms with E-state index in [1.807, 2.05) is 30.3 Å². The van der Waals surface area contributed by atoms with Crippen LogP contribution in [0.15, 0.2) is 65.1 Å². The van der Waals surface area contributed by atoms with E-state index in [0.29, 0.717) is 5.69 Å². The number of anilines is 2. The lowest BCUT2D eigenvalue weighted by Gasteiger charge is -2.30. The molecule has 6 heteroatoms. The summed E-state index contributed by atoms with van der Waals surface area (Å²) in [5, 5.41) is 20.8. The molecule has 0 saturated heterocycles. The second-order valence-electron chi connectivity index (χ2n) is 9.23. The Morgan fingerprint density at radius 2 is 1.91 bits per heavy atom. The molecule has 3 aromatic rings. The normalized spacial score (nSPS) is 17.5. The molecule has 2 N–H and O–H groups in total.